The van der Waals surface area contributed by atoms with Crippen molar-refractivity contribution in [2.75, 3.05) is 6.54 Å². The third-order valence-corrected chi connectivity index (χ3v) is 4.70. The fraction of sp³-hybridized carbons (Fsp3) is 0.667. The second kappa shape index (κ2) is 7.09. The molecule has 1 aromatic rings. The molecule has 0 amide bonds. The smallest absolute Gasteiger partial charge is 0.0348 e. The van der Waals surface area contributed by atoms with Crippen molar-refractivity contribution in [3.8, 4) is 0 Å². The fourth-order valence-electron chi connectivity index (χ4n) is 3.65. The lowest BCUT2D eigenvalue weighted by molar-refractivity contribution is 0.210. The van der Waals surface area contributed by atoms with Crippen LogP contribution in [0.3, 0.4) is 0 Å². The first-order chi connectivity index (χ1) is 9.24. The summed E-state index contributed by atoms with van der Waals surface area (Å²) in [6, 6.07) is 9.62. The van der Waals surface area contributed by atoms with Gasteiger partial charge in [-0.05, 0) is 43.7 Å². The highest BCUT2D eigenvalue weighted by molar-refractivity contribution is 5.25. The Morgan fingerprint density at radius 1 is 1.26 bits per heavy atom. The molecule has 1 saturated carbocycles. The summed E-state index contributed by atoms with van der Waals surface area (Å²) >= 11 is 0. The van der Waals surface area contributed by atoms with Crippen molar-refractivity contribution >= 4 is 0 Å². The summed E-state index contributed by atoms with van der Waals surface area (Å²) in [5.74, 6) is 1.77. The van der Waals surface area contributed by atoms with Gasteiger partial charge in [-0.3, -0.25) is 0 Å². The lowest BCUT2D eigenvalue weighted by atomic mass is 9.75. The molecule has 0 aromatic heterocycles. The summed E-state index contributed by atoms with van der Waals surface area (Å²) in [5, 5.41) is 3.74. The first-order valence-corrected chi connectivity index (χ1v) is 8.04. The van der Waals surface area contributed by atoms with E-state index in [1.165, 1.54) is 43.2 Å². The SMILES string of the molecule is CCNC(c1cccc(C)c1)C1CCCC(CC)C1. The maximum Gasteiger partial charge on any atom is 0.0348 e. The van der Waals surface area contributed by atoms with E-state index in [-0.39, 0.29) is 0 Å². The van der Waals surface area contributed by atoms with Crippen molar-refractivity contribution in [2.45, 2.75) is 58.9 Å². The molecule has 2 rings (SSSR count). The molecule has 0 aliphatic heterocycles. The van der Waals surface area contributed by atoms with Gasteiger partial charge in [0, 0.05) is 6.04 Å². The standard InChI is InChI=1S/C18H29N/c1-4-15-9-7-11-17(13-15)18(19-5-2)16-10-6-8-14(3)12-16/h6,8,10,12,15,17-19H,4-5,7,9,11,13H2,1-3H3. The van der Waals surface area contributed by atoms with Gasteiger partial charge < -0.3 is 5.32 Å². The average molecular weight is 259 g/mol. The van der Waals surface area contributed by atoms with E-state index in [9.17, 15) is 0 Å². The fourth-order valence-corrected chi connectivity index (χ4v) is 3.65. The summed E-state index contributed by atoms with van der Waals surface area (Å²) in [5.41, 5.74) is 2.87. The molecule has 0 radical (unpaired) electrons. The first kappa shape index (κ1) is 14.6. The lowest BCUT2D eigenvalue weighted by Gasteiger charge is -2.35. The molecule has 1 aromatic carbocycles. The molecule has 3 atom stereocenters. The molecule has 0 heterocycles. The molecule has 1 N–H and O–H groups in total. The molecule has 1 heteroatoms. The quantitative estimate of drug-likeness (QED) is 0.796. The van der Waals surface area contributed by atoms with Crippen LogP contribution in [0.5, 0.6) is 0 Å². The minimum Gasteiger partial charge on any atom is -0.310 e. The monoisotopic (exact) mass is 259 g/mol. The molecule has 0 bridgehead atoms. The number of aryl methyl sites for hydroxylation is 1. The van der Waals surface area contributed by atoms with Gasteiger partial charge in [-0.25, -0.2) is 0 Å². The Bertz CT molecular complexity index is 385. The van der Waals surface area contributed by atoms with Crippen LogP contribution in [0.4, 0.5) is 0 Å². The van der Waals surface area contributed by atoms with E-state index in [2.05, 4.69) is 50.4 Å². The Kier molecular flexibility index (Phi) is 5.45. The third-order valence-electron chi connectivity index (χ3n) is 4.70. The maximum atomic E-state index is 3.74. The van der Waals surface area contributed by atoms with E-state index in [4.69, 9.17) is 0 Å². The Labute approximate surface area is 118 Å². The lowest BCUT2D eigenvalue weighted by Crippen LogP contribution is -2.31. The zero-order chi connectivity index (χ0) is 13.7. The zero-order valence-electron chi connectivity index (χ0n) is 12.8. The largest absolute Gasteiger partial charge is 0.310 e. The van der Waals surface area contributed by atoms with Crippen molar-refractivity contribution in [1.82, 2.24) is 5.32 Å². The highest BCUT2D eigenvalue weighted by Crippen LogP contribution is 2.38. The van der Waals surface area contributed by atoms with Crippen LogP contribution in [-0.2, 0) is 0 Å². The van der Waals surface area contributed by atoms with Gasteiger partial charge in [0.1, 0.15) is 0 Å². The molecule has 1 fully saturated rings. The van der Waals surface area contributed by atoms with Crippen molar-refractivity contribution in [3.63, 3.8) is 0 Å². The summed E-state index contributed by atoms with van der Waals surface area (Å²) in [6.07, 6.45) is 7.00. The Hall–Kier alpha value is -0.820. The van der Waals surface area contributed by atoms with Gasteiger partial charge in [-0.15, -0.1) is 0 Å². The predicted octanol–water partition coefficient (Wildman–Crippen LogP) is 4.86. The van der Waals surface area contributed by atoms with Gasteiger partial charge in [0.2, 0.25) is 0 Å². The number of hydrogen-bond acceptors (Lipinski definition) is 1. The first-order valence-electron chi connectivity index (χ1n) is 8.04. The number of hydrogen-bond donors (Lipinski definition) is 1. The van der Waals surface area contributed by atoms with E-state index in [1.807, 2.05) is 0 Å². The average Bonchev–Trinajstić information content (AvgIpc) is 2.45. The second-order valence-electron chi connectivity index (χ2n) is 6.15. The van der Waals surface area contributed by atoms with Crippen molar-refractivity contribution in [1.29, 1.82) is 0 Å². The molecule has 19 heavy (non-hydrogen) atoms. The van der Waals surface area contributed by atoms with Gasteiger partial charge in [0.15, 0.2) is 0 Å². The summed E-state index contributed by atoms with van der Waals surface area (Å²) in [4.78, 5) is 0. The third kappa shape index (κ3) is 3.82. The molecular weight excluding hydrogens is 230 g/mol. The van der Waals surface area contributed by atoms with Crippen LogP contribution in [0.1, 0.15) is 63.1 Å². The molecule has 1 aliphatic rings. The van der Waals surface area contributed by atoms with E-state index >= 15 is 0 Å². The van der Waals surface area contributed by atoms with E-state index < -0.39 is 0 Å². The summed E-state index contributed by atoms with van der Waals surface area (Å²) in [7, 11) is 0. The van der Waals surface area contributed by atoms with Gasteiger partial charge in [-0.2, -0.15) is 0 Å². The summed E-state index contributed by atoms with van der Waals surface area (Å²) in [6.45, 7) is 7.83. The topological polar surface area (TPSA) is 12.0 Å². The number of benzene rings is 1. The molecule has 3 unspecified atom stereocenters. The van der Waals surface area contributed by atoms with E-state index in [0.29, 0.717) is 6.04 Å². The normalized spacial score (nSPS) is 25.2. The van der Waals surface area contributed by atoms with Gasteiger partial charge in [0.05, 0.1) is 0 Å². The Morgan fingerprint density at radius 3 is 2.79 bits per heavy atom. The van der Waals surface area contributed by atoms with Crippen LogP contribution in [0.2, 0.25) is 0 Å². The van der Waals surface area contributed by atoms with Crippen LogP contribution in [0, 0.1) is 18.8 Å². The Morgan fingerprint density at radius 2 is 2.11 bits per heavy atom. The van der Waals surface area contributed by atoms with Crippen LogP contribution in [0.15, 0.2) is 24.3 Å². The van der Waals surface area contributed by atoms with E-state index in [0.717, 1.165) is 18.4 Å². The molecule has 0 spiro atoms. The number of nitrogens with one attached hydrogen (secondary N) is 1. The maximum absolute atomic E-state index is 3.74. The minimum absolute atomic E-state index is 0.555. The highest BCUT2D eigenvalue weighted by atomic mass is 14.9. The Balaban J connectivity index is 2.15. The van der Waals surface area contributed by atoms with Crippen molar-refractivity contribution in [2.24, 2.45) is 11.8 Å². The van der Waals surface area contributed by atoms with Crippen LogP contribution in [-0.4, -0.2) is 6.54 Å². The number of rotatable bonds is 5. The molecule has 1 aliphatic carbocycles. The van der Waals surface area contributed by atoms with Crippen LogP contribution >= 0.6 is 0 Å². The van der Waals surface area contributed by atoms with Crippen molar-refractivity contribution in [3.05, 3.63) is 35.4 Å². The molecular formula is C18H29N. The molecule has 0 saturated heterocycles. The van der Waals surface area contributed by atoms with Gasteiger partial charge in [-0.1, -0.05) is 62.9 Å². The van der Waals surface area contributed by atoms with Crippen LogP contribution < -0.4 is 5.32 Å². The van der Waals surface area contributed by atoms with Gasteiger partial charge in [0.25, 0.3) is 0 Å². The second-order valence-corrected chi connectivity index (χ2v) is 6.15. The summed E-state index contributed by atoms with van der Waals surface area (Å²) < 4.78 is 0. The predicted molar refractivity (Wildman–Crippen MR) is 83.3 cm³/mol. The van der Waals surface area contributed by atoms with E-state index in [1.54, 1.807) is 0 Å². The van der Waals surface area contributed by atoms with Crippen molar-refractivity contribution < 1.29 is 0 Å². The molecule has 1 nitrogen and oxygen atoms in total. The van der Waals surface area contributed by atoms with Crippen LogP contribution in [0.25, 0.3) is 0 Å². The highest BCUT2D eigenvalue weighted by Gasteiger charge is 2.28. The van der Waals surface area contributed by atoms with Gasteiger partial charge >= 0.3 is 0 Å². The zero-order valence-corrected chi connectivity index (χ0v) is 12.8. The molecule has 106 valence electrons. The minimum atomic E-state index is 0.555.